The smallest absolute Gasteiger partial charge is 0.0541 e. The Labute approximate surface area is 119 Å². The summed E-state index contributed by atoms with van der Waals surface area (Å²) in [4.78, 5) is 0. The lowest BCUT2D eigenvalue weighted by molar-refractivity contribution is 1.18. The van der Waals surface area contributed by atoms with Gasteiger partial charge in [-0.05, 0) is 24.3 Å². The monoisotopic (exact) mass is 259 g/mol. The number of para-hydroxylation sites is 3. The third kappa shape index (κ3) is 1.71. The summed E-state index contributed by atoms with van der Waals surface area (Å²) in [6, 6.07) is 27.7. The first-order valence-corrected chi connectivity index (χ1v) is 6.49. The molecular formula is C19H17N. The van der Waals surface area contributed by atoms with Crippen LogP contribution in [0.2, 0.25) is 0 Å². The van der Waals surface area contributed by atoms with Crippen LogP contribution in [0.5, 0.6) is 0 Å². The normalized spacial score (nSPS) is 10.6. The molecule has 0 saturated heterocycles. The minimum atomic E-state index is 0. The molecule has 0 aliphatic rings. The molecule has 0 spiro atoms. The summed E-state index contributed by atoms with van der Waals surface area (Å²) < 4.78 is 2.32. The average molecular weight is 259 g/mol. The van der Waals surface area contributed by atoms with Gasteiger partial charge in [0.25, 0.3) is 0 Å². The molecule has 20 heavy (non-hydrogen) atoms. The zero-order chi connectivity index (χ0) is 12.7. The lowest BCUT2D eigenvalue weighted by atomic mass is 10.2. The van der Waals surface area contributed by atoms with E-state index in [1.807, 2.05) is 0 Å². The molecule has 1 aromatic heterocycles. The SMILES string of the molecule is C.c1ccc(-n2c3ccccc3c3ccccc32)cc1. The zero-order valence-corrected chi connectivity index (χ0v) is 10.5. The molecule has 0 bridgehead atoms. The first-order valence-electron chi connectivity index (χ1n) is 6.49. The van der Waals surface area contributed by atoms with Gasteiger partial charge in [0.2, 0.25) is 0 Å². The summed E-state index contributed by atoms with van der Waals surface area (Å²) in [5.74, 6) is 0. The van der Waals surface area contributed by atoms with Crippen LogP contribution >= 0.6 is 0 Å². The molecule has 1 heteroatoms. The van der Waals surface area contributed by atoms with Gasteiger partial charge in [0, 0.05) is 16.5 Å². The molecule has 0 aliphatic heterocycles. The molecule has 0 radical (unpaired) electrons. The van der Waals surface area contributed by atoms with Crippen LogP contribution in [0.1, 0.15) is 7.43 Å². The van der Waals surface area contributed by atoms with Crippen LogP contribution in [0, 0.1) is 0 Å². The number of rotatable bonds is 1. The molecule has 0 atom stereocenters. The Kier molecular flexibility index (Phi) is 3.03. The van der Waals surface area contributed by atoms with Crippen molar-refractivity contribution < 1.29 is 0 Å². The maximum Gasteiger partial charge on any atom is 0.0541 e. The fraction of sp³-hybridized carbons (Fsp3) is 0.0526. The van der Waals surface area contributed by atoms with Gasteiger partial charge in [-0.25, -0.2) is 0 Å². The fourth-order valence-electron chi connectivity index (χ4n) is 2.78. The Hall–Kier alpha value is -2.54. The minimum Gasteiger partial charge on any atom is -0.309 e. The van der Waals surface area contributed by atoms with Gasteiger partial charge >= 0.3 is 0 Å². The molecule has 0 fully saturated rings. The molecule has 0 aliphatic carbocycles. The fourth-order valence-corrected chi connectivity index (χ4v) is 2.78. The average Bonchev–Trinajstić information content (AvgIpc) is 2.83. The summed E-state index contributed by atoms with van der Waals surface area (Å²) >= 11 is 0. The van der Waals surface area contributed by atoms with E-state index in [1.165, 1.54) is 27.5 Å². The molecule has 1 nitrogen and oxygen atoms in total. The highest BCUT2D eigenvalue weighted by molar-refractivity contribution is 6.09. The number of benzene rings is 3. The molecule has 1 heterocycles. The largest absolute Gasteiger partial charge is 0.309 e. The molecule has 0 N–H and O–H groups in total. The molecule has 3 aromatic carbocycles. The number of hydrogen-bond acceptors (Lipinski definition) is 0. The van der Waals surface area contributed by atoms with Crippen molar-refractivity contribution in [3.8, 4) is 5.69 Å². The second kappa shape index (κ2) is 4.86. The maximum absolute atomic E-state index is 2.32. The second-order valence-electron chi connectivity index (χ2n) is 4.71. The molecule has 0 saturated carbocycles. The predicted molar refractivity (Wildman–Crippen MR) is 87.5 cm³/mol. The highest BCUT2D eigenvalue weighted by atomic mass is 15.0. The van der Waals surface area contributed by atoms with Gasteiger partial charge in [-0.3, -0.25) is 0 Å². The van der Waals surface area contributed by atoms with Crippen LogP contribution < -0.4 is 0 Å². The lowest BCUT2D eigenvalue weighted by Crippen LogP contribution is -1.92. The van der Waals surface area contributed by atoms with Crippen molar-refractivity contribution in [2.75, 3.05) is 0 Å². The summed E-state index contributed by atoms with van der Waals surface area (Å²) in [5.41, 5.74) is 3.73. The van der Waals surface area contributed by atoms with E-state index in [4.69, 9.17) is 0 Å². The molecule has 0 amide bonds. The Morgan fingerprint density at radius 1 is 0.500 bits per heavy atom. The molecule has 0 unspecified atom stereocenters. The van der Waals surface area contributed by atoms with E-state index < -0.39 is 0 Å². The van der Waals surface area contributed by atoms with Gasteiger partial charge in [-0.15, -0.1) is 0 Å². The molecule has 4 rings (SSSR count). The number of aromatic nitrogens is 1. The quantitative estimate of drug-likeness (QED) is 0.430. The Morgan fingerprint density at radius 2 is 0.950 bits per heavy atom. The summed E-state index contributed by atoms with van der Waals surface area (Å²) in [7, 11) is 0. The zero-order valence-electron chi connectivity index (χ0n) is 10.5. The van der Waals surface area contributed by atoms with Crippen molar-refractivity contribution >= 4 is 21.8 Å². The van der Waals surface area contributed by atoms with Gasteiger partial charge in [0.05, 0.1) is 11.0 Å². The van der Waals surface area contributed by atoms with Crippen molar-refractivity contribution in [2.24, 2.45) is 0 Å². The molecule has 4 aromatic rings. The van der Waals surface area contributed by atoms with Crippen LogP contribution in [-0.4, -0.2) is 4.57 Å². The number of fused-ring (bicyclic) bond motifs is 3. The first kappa shape index (κ1) is 12.5. The third-order valence-corrected chi connectivity index (χ3v) is 3.59. The van der Waals surface area contributed by atoms with E-state index in [-0.39, 0.29) is 7.43 Å². The predicted octanol–water partition coefficient (Wildman–Crippen LogP) is 5.42. The summed E-state index contributed by atoms with van der Waals surface area (Å²) in [6.07, 6.45) is 0. The van der Waals surface area contributed by atoms with Gasteiger partial charge in [-0.1, -0.05) is 62.0 Å². The van der Waals surface area contributed by atoms with Crippen LogP contribution in [0.4, 0.5) is 0 Å². The van der Waals surface area contributed by atoms with Gasteiger partial charge < -0.3 is 4.57 Å². The summed E-state index contributed by atoms with van der Waals surface area (Å²) in [5, 5.41) is 2.61. The van der Waals surface area contributed by atoms with E-state index in [0.717, 1.165) is 0 Å². The van der Waals surface area contributed by atoms with Crippen molar-refractivity contribution in [3.05, 3.63) is 78.9 Å². The van der Waals surface area contributed by atoms with E-state index in [9.17, 15) is 0 Å². The molecule has 98 valence electrons. The van der Waals surface area contributed by atoms with Gasteiger partial charge in [0.1, 0.15) is 0 Å². The Bertz CT molecular complexity index is 803. The van der Waals surface area contributed by atoms with Gasteiger partial charge in [-0.2, -0.15) is 0 Å². The van der Waals surface area contributed by atoms with Crippen LogP contribution in [0.25, 0.3) is 27.5 Å². The van der Waals surface area contributed by atoms with Crippen molar-refractivity contribution in [1.82, 2.24) is 4.57 Å². The van der Waals surface area contributed by atoms with Crippen LogP contribution in [-0.2, 0) is 0 Å². The van der Waals surface area contributed by atoms with E-state index in [0.29, 0.717) is 0 Å². The highest BCUT2D eigenvalue weighted by Gasteiger charge is 2.10. The van der Waals surface area contributed by atoms with E-state index >= 15 is 0 Å². The van der Waals surface area contributed by atoms with Crippen LogP contribution in [0.3, 0.4) is 0 Å². The highest BCUT2D eigenvalue weighted by Crippen LogP contribution is 2.31. The Balaban J connectivity index is 0.00000121. The van der Waals surface area contributed by atoms with E-state index in [2.05, 4.69) is 83.4 Å². The van der Waals surface area contributed by atoms with Gasteiger partial charge in [0.15, 0.2) is 0 Å². The summed E-state index contributed by atoms with van der Waals surface area (Å²) in [6.45, 7) is 0. The second-order valence-corrected chi connectivity index (χ2v) is 4.71. The number of hydrogen-bond donors (Lipinski definition) is 0. The van der Waals surface area contributed by atoms with Crippen molar-refractivity contribution in [2.45, 2.75) is 7.43 Å². The lowest BCUT2D eigenvalue weighted by Gasteiger charge is -2.06. The third-order valence-electron chi connectivity index (χ3n) is 3.59. The first-order chi connectivity index (χ1) is 9.45. The minimum absolute atomic E-state index is 0. The van der Waals surface area contributed by atoms with Crippen LogP contribution in [0.15, 0.2) is 78.9 Å². The van der Waals surface area contributed by atoms with Crippen molar-refractivity contribution in [3.63, 3.8) is 0 Å². The Morgan fingerprint density at radius 3 is 1.50 bits per heavy atom. The molecular weight excluding hydrogens is 242 g/mol. The van der Waals surface area contributed by atoms with Crippen molar-refractivity contribution in [1.29, 1.82) is 0 Å². The standard InChI is InChI=1S/C18H13N.CH4/c1-2-8-14(9-3-1)19-17-12-6-4-10-15(17)16-11-5-7-13-18(16)19;/h1-13H;1H4. The topological polar surface area (TPSA) is 4.93 Å². The van der Waals surface area contributed by atoms with E-state index in [1.54, 1.807) is 0 Å². The maximum atomic E-state index is 2.32. The number of nitrogens with zero attached hydrogens (tertiary/aromatic N) is 1.